The third-order valence-electron chi connectivity index (χ3n) is 4.68. The molecule has 6 heteroatoms. The first-order valence-electron chi connectivity index (χ1n) is 8.74. The number of amides is 1. The van der Waals surface area contributed by atoms with Crippen molar-refractivity contribution in [3.8, 4) is 5.75 Å². The molecule has 1 saturated heterocycles. The summed E-state index contributed by atoms with van der Waals surface area (Å²) >= 11 is 0. The molecule has 1 aromatic rings. The Hall–Kier alpha value is -1.66. The third-order valence-corrected chi connectivity index (χ3v) is 4.68. The molecule has 2 atom stereocenters. The molecule has 0 unspecified atom stereocenters. The van der Waals surface area contributed by atoms with Crippen LogP contribution in [-0.2, 0) is 9.53 Å². The maximum absolute atomic E-state index is 13.4. The Morgan fingerprint density at radius 3 is 3.12 bits per heavy atom. The zero-order chi connectivity index (χ0) is 16.8. The van der Waals surface area contributed by atoms with E-state index in [0.717, 1.165) is 19.4 Å². The zero-order valence-corrected chi connectivity index (χ0v) is 13.9. The highest BCUT2D eigenvalue weighted by Gasteiger charge is 2.36. The predicted molar refractivity (Wildman–Crippen MR) is 88.5 cm³/mol. The number of carbonyl (C=O) groups excluding carboxylic acids is 1. The molecule has 2 aliphatic rings. The second-order valence-electron chi connectivity index (χ2n) is 6.36. The molecule has 1 saturated carbocycles. The molecule has 1 heterocycles. The zero-order valence-electron chi connectivity index (χ0n) is 13.9. The maximum atomic E-state index is 13.4. The molecule has 24 heavy (non-hydrogen) atoms. The number of para-hydroxylation sites is 1. The highest BCUT2D eigenvalue weighted by Crippen LogP contribution is 2.29. The number of hydrogen-bond donors (Lipinski definition) is 1. The number of ether oxygens (including phenoxy) is 2. The van der Waals surface area contributed by atoms with Crippen LogP contribution in [0.4, 0.5) is 4.39 Å². The van der Waals surface area contributed by atoms with E-state index in [9.17, 15) is 9.18 Å². The van der Waals surface area contributed by atoms with Crippen LogP contribution in [0.15, 0.2) is 24.3 Å². The molecule has 1 N–H and O–H groups in total. The lowest BCUT2D eigenvalue weighted by atomic mass is 10.1. The molecule has 5 nitrogen and oxygen atoms in total. The number of fused-ring (bicyclic) bond motifs is 1. The highest BCUT2D eigenvalue weighted by atomic mass is 19.1. The Kier molecular flexibility index (Phi) is 6.04. The SMILES string of the molecule is O=C(CN1CCO[C@@H]2CCC[C@H]21)NCCCOc1ccccc1F. The summed E-state index contributed by atoms with van der Waals surface area (Å²) < 4.78 is 24.5. The molecule has 2 fully saturated rings. The molecule has 0 spiro atoms. The second-order valence-corrected chi connectivity index (χ2v) is 6.36. The van der Waals surface area contributed by atoms with Crippen molar-refractivity contribution in [1.29, 1.82) is 0 Å². The van der Waals surface area contributed by atoms with Crippen molar-refractivity contribution in [2.75, 3.05) is 32.8 Å². The lowest BCUT2D eigenvalue weighted by Gasteiger charge is -2.37. The van der Waals surface area contributed by atoms with Gasteiger partial charge in [-0.3, -0.25) is 9.69 Å². The quantitative estimate of drug-likeness (QED) is 0.774. The molecule has 1 amide bonds. The number of nitrogens with one attached hydrogen (secondary N) is 1. The predicted octanol–water partition coefficient (Wildman–Crippen LogP) is 1.96. The van der Waals surface area contributed by atoms with Crippen molar-refractivity contribution in [1.82, 2.24) is 10.2 Å². The van der Waals surface area contributed by atoms with Crippen LogP contribution in [0.2, 0.25) is 0 Å². The van der Waals surface area contributed by atoms with E-state index in [2.05, 4.69) is 10.2 Å². The van der Waals surface area contributed by atoms with Crippen LogP contribution >= 0.6 is 0 Å². The number of carbonyl (C=O) groups is 1. The van der Waals surface area contributed by atoms with Crippen LogP contribution < -0.4 is 10.1 Å². The minimum absolute atomic E-state index is 0.0356. The van der Waals surface area contributed by atoms with Crippen molar-refractivity contribution < 1.29 is 18.7 Å². The van der Waals surface area contributed by atoms with Gasteiger partial charge in [0, 0.05) is 19.1 Å². The summed E-state index contributed by atoms with van der Waals surface area (Å²) in [6, 6.07) is 6.73. The van der Waals surface area contributed by atoms with Crippen LogP contribution in [0.1, 0.15) is 25.7 Å². The summed E-state index contributed by atoms with van der Waals surface area (Å²) in [6.07, 6.45) is 4.36. The van der Waals surface area contributed by atoms with Crippen LogP contribution in [0.5, 0.6) is 5.75 Å². The van der Waals surface area contributed by atoms with Crippen molar-refractivity contribution in [2.45, 2.75) is 37.8 Å². The Morgan fingerprint density at radius 1 is 1.38 bits per heavy atom. The summed E-state index contributed by atoms with van der Waals surface area (Å²) in [5.74, 6) is -0.0715. The standard InChI is InChI=1S/C18H25FN2O3/c19-14-5-1-2-7-16(14)23-11-4-9-20-18(22)13-21-10-12-24-17-8-3-6-15(17)21/h1-2,5,7,15,17H,3-4,6,8-13H2,(H,20,22)/t15-,17-/m1/s1. The van der Waals surface area contributed by atoms with Gasteiger partial charge in [-0.2, -0.15) is 0 Å². The van der Waals surface area contributed by atoms with Gasteiger partial charge in [-0.1, -0.05) is 12.1 Å². The molecule has 0 radical (unpaired) electrons. The summed E-state index contributed by atoms with van der Waals surface area (Å²) in [4.78, 5) is 14.3. The van der Waals surface area contributed by atoms with Gasteiger partial charge < -0.3 is 14.8 Å². The topological polar surface area (TPSA) is 50.8 Å². The first kappa shape index (κ1) is 17.2. The first-order valence-corrected chi connectivity index (χ1v) is 8.74. The minimum atomic E-state index is -0.361. The van der Waals surface area contributed by atoms with E-state index in [4.69, 9.17) is 9.47 Å². The van der Waals surface area contributed by atoms with E-state index in [-0.39, 0.29) is 17.5 Å². The minimum Gasteiger partial charge on any atom is -0.490 e. The van der Waals surface area contributed by atoms with Gasteiger partial charge in [0.1, 0.15) is 0 Å². The Bertz CT molecular complexity index is 555. The summed E-state index contributed by atoms with van der Waals surface area (Å²) in [6.45, 7) is 2.88. The number of nitrogens with zero attached hydrogens (tertiary/aromatic N) is 1. The molecule has 3 rings (SSSR count). The fourth-order valence-corrected chi connectivity index (χ4v) is 3.49. The smallest absolute Gasteiger partial charge is 0.234 e. The van der Waals surface area contributed by atoms with Gasteiger partial charge in [0.25, 0.3) is 0 Å². The fraction of sp³-hybridized carbons (Fsp3) is 0.611. The number of rotatable bonds is 7. The van der Waals surface area contributed by atoms with Crippen LogP contribution in [-0.4, -0.2) is 55.8 Å². The molecule has 0 aromatic heterocycles. The van der Waals surface area contributed by atoms with Gasteiger partial charge in [0.15, 0.2) is 11.6 Å². The van der Waals surface area contributed by atoms with Crippen molar-refractivity contribution in [3.05, 3.63) is 30.1 Å². The normalized spacial score (nSPS) is 23.7. The van der Waals surface area contributed by atoms with Crippen LogP contribution in [0.25, 0.3) is 0 Å². The van der Waals surface area contributed by atoms with Crippen LogP contribution in [0.3, 0.4) is 0 Å². The molecule has 1 aliphatic carbocycles. The van der Waals surface area contributed by atoms with Crippen LogP contribution in [0, 0.1) is 5.82 Å². The van der Waals surface area contributed by atoms with Gasteiger partial charge >= 0.3 is 0 Å². The Morgan fingerprint density at radius 2 is 2.25 bits per heavy atom. The van der Waals surface area contributed by atoms with Gasteiger partial charge in [0.2, 0.25) is 5.91 Å². The van der Waals surface area contributed by atoms with E-state index in [1.165, 1.54) is 12.5 Å². The summed E-state index contributed by atoms with van der Waals surface area (Å²) in [7, 11) is 0. The molecular weight excluding hydrogens is 311 g/mol. The van der Waals surface area contributed by atoms with Crippen molar-refractivity contribution >= 4 is 5.91 Å². The average Bonchev–Trinajstić information content (AvgIpc) is 3.06. The lowest BCUT2D eigenvalue weighted by Crippen LogP contribution is -2.51. The number of halogens is 1. The third kappa shape index (κ3) is 4.45. The fourth-order valence-electron chi connectivity index (χ4n) is 3.49. The van der Waals surface area contributed by atoms with Gasteiger partial charge in [-0.25, -0.2) is 4.39 Å². The Labute approximate surface area is 142 Å². The van der Waals surface area contributed by atoms with Crippen molar-refractivity contribution in [2.24, 2.45) is 0 Å². The molecular formula is C18H25FN2O3. The molecule has 132 valence electrons. The molecule has 0 bridgehead atoms. The van der Waals surface area contributed by atoms with E-state index in [0.29, 0.717) is 44.9 Å². The molecule has 1 aliphatic heterocycles. The van der Waals surface area contributed by atoms with Gasteiger partial charge in [-0.05, 0) is 37.8 Å². The monoisotopic (exact) mass is 336 g/mol. The van der Waals surface area contributed by atoms with E-state index in [1.54, 1.807) is 18.2 Å². The highest BCUT2D eigenvalue weighted by molar-refractivity contribution is 5.78. The Balaban J connectivity index is 1.32. The van der Waals surface area contributed by atoms with Crippen molar-refractivity contribution in [3.63, 3.8) is 0 Å². The number of hydrogen-bond acceptors (Lipinski definition) is 4. The summed E-state index contributed by atoms with van der Waals surface area (Å²) in [5, 5.41) is 2.92. The van der Waals surface area contributed by atoms with E-state index >= 15 is 0 Å². The summed E-state index contributed by atoms with van der Waals surface area (Å²) in [5.41, 5.74) is 0. The van der Waals surface area contributed by atoms with Gasteiger partial charge in [0.05, 0.1) is 25.9 Å². The lowest BCUT2D eigenvalue weighted by molar-refractivity contribution is -0.126. The number of morpholine rings is 1. The van der Waals surface area contributed by atoms with Gasteiger partial charge in [-0.15, -0.1) is 0 Å². The van der Waals surface area contributed by atoms with E-state index < -0.39 is 0 Å². The largest absolute Gasteiger partial charge is 0.490 e. The average molecular weight is 336 g/mol. The second kappa shape index (κ2) is 8.44. The first-order chi connectivity index (χ1) is 11.7. The maximum Gasteiger partial charge on any atom is 0.234 e. The van der Waals surface area contributed by atoms with E-state index in [1.807, 2.05) is 0 Å². The molecule has 1 aromatic carbocycles. The number of benzene rings is 1.